The lowest BCUT2D eigenvalue weighted by molar-refractivity contribution is -0.126. The van der Waals surface area contributed by atoms with Gasteiger partial charge in [-0.3, -0.25) is 9.69 Å². The minimum absolute atomic E-state index is 0.0650. The first-order valence-corrected chi connectivity index (χ1v) is 6.87. The van der Waals surface area contributed by atoms with Crippen LogP contribution >= 0.6 is 0 Å². The fourth-order valence-corrected chi connectivity index (χ4v) is 2.67. The summed E-state index contributed by atoms with van der Waals surface area (Å²) in [7, 11) is 2.03. The minimum atomic E-state index is -0.0650. The van der Waals surface area contributed by atoms with Crippen LogP contribution in [0.3, 0.4) is 0 Å². The number of carbonyl (C=O) groups is 1. The van der Waals surface area contributed by atoms with Crippen molar-refractivity contribution in [3.05, 3.63) is 0 Å². The predicted octanol–water partition coefficient (Wildman–Crippen LogP) is 0.855. The molecule has 0 aromatic rings. The van der Waals surface area contributed by atoms with E-state index in [-0.39, 0.29) is 18.0 Å². The van der Waals surface area contributed by atoms with Crippen LogP contribution in [0.25, 0.3) is 0 Å². The average molecular weight is 239 g/mol. The van der Waals surface area contributed by atoms with Crippen molar-refractivity contribution in [3.8, 4) is 0 Å². The highest BCUT2D eigenvalue weighted by Crippen LogP contribution is 2.23. The summed E-state index contributed by atoms with van der Waals surface area (Å²) in [5.41, 5.74) is 6.16. The van der Waals surface area contributed by atoms with Gasteiger partial charge in [-0.15, -0.1) is 0 Å². The summed E-state index contributed by atoms with van der Waals surface area (Å²) in [4.78, 5) is 14.2. The van der Waals surface area contributed by atoms with Crippen LogP contribution in [0.4, 0.5) is 0 Å². The zero-order chi connectivity index (χ0) is 12.4. The molecule has 2 aliphatic rings. The van der Waals surface area contributed by atoms with E-state index in [1.165, 1.54) is 12.8 Å². The first-order chi connectivity index (χ1) is 8.09. The molecule has 0 aromatic heterocycles. The van der Waals surface area contributed by atoms with E-state index in [0.717, 1.165) is 25.7 Å². The molecule has 3 N–H and O–H groups in total. The Morgan fingerprint density at radius 3 is 2.53 bits per heavy atom. The van der Waals surface area contributed by atoms with Gasteiger partial charge >= 0.3 is 0 Å². The molecule has 2 aliphatic carbocycles. The van der Waals surface area contributed by atoms with E-state index >= 15 is 0 Å². The van der Waals surface area contributed by atoms with Crippen molar-refractivity contribution >= 4 is 5.91 Å². The number of nitrogens with one attached hydrogen (secondary N) is 1. The molecule has 4 nitrogen and oxygen atoms in total. The van der Waals surface area contributed by atoms with Crippen molar-refractivity contribution in [2.24, 2.45) is 5.73 Å². The summed E-state index contributed by atoms with van der Waals surface area (Å²) in [5, 5.41) is 3.07. The SMILES string of the molecule is CC(C(=O)NC1CC1)N(C)C1CCCCC1N. The monoisotopic (exact) mass is 239 g/mol. The highest BCUT2D eigenvalue weighted by Gasteiger charge is 2.32. The fraction of sp³-hybridized carbons (Fsp3) is 0.923. The maximum absolute atomic E-state index is 12.0. The summed E-state index contributed by atoms with van der Waals surface area (Å²) in [6, 6.07) is 0.969. The zero-order valence-corrected chi connectivity index (χ0v) is 11.0. The second-order valence-electron chi connectivity index (χ2n) is 5.64. The molecule has 98 valence electrons. The number of rotatable bonds is 4. The van der Waals surface area contributed by atoms with E-state index in [0.29, 0.717) is 12.1 Å². The Morgan fingerprint density at radius 2 is 1.94 bits per heavy atom. The van der Waals surface area contributed by atoms with Gasteiger partial charge in [0.1, 0.15) is 0 Å². The molecule has 0 saturated heterocycles. The van der Waals surface area contributed by atoms with Crippen LogP contribution in [0, 0.1) is 0 Å². The average Bonchev–Trinajstić information content (AvgIpc) is 3.11. The number of amides is 1. The van der Waals surface area contributed by atoms with Crippen molar-refractivity contribution in [3.63, 3.8) is 0 Å². The van der Waals surface area contributed by atoms with Crippen LogP contribution < -0.4 is 11.1 Å². The third kappa shape index (κ3) is 3.19. The Kier molecular flexibility index (Phi) is 4.05. The molecule has 17 heavy (non-hydrogen) atoms. The molecule has 0 radical (unpaired) electrons. The first-order valence-electron chi connectivity index (χ1n) is 6.87. The van der Waals surface area contributed by atoms with Crippen LogP contribution in [-0.4, -0.2) is 42.0 Å². The van der Waals surface area contributed by atoms with Crippen molar-refractivity contribution in [1.29, 1.82) is 0 Å². The maximum atomic E-state index is 12.0. The first kappa shape index (κ1) is 12.8. The zero-order valence-electron chi connectivity index (χ0n) is 11.0. The summed E-state index contributed by atoms with van der Waals surface area (Å²) in [5.74, 6) is 0.160. The van der Waals surface area contributed by atoms with Gasteiger partial charge in [0, 0.05) is 18.1 Å². The Morgan fingerprint density at radius 1 is 1.29 bits per heavy atom. The number of carbonyl (C=O) groups excluding carboxylic acids is 1. The number of nitrogens with zero attached hydrogens (tertiary/aromatic N) is 1. The van der Waals surface area contributed by atoms with Crippen molar-refractivity contribution in [1.82, 2.24) is 10.2 Å². The van der Waals surface area contributed by atoms with Crippen molar-refractivity contribution < 1.29 is 4.79 Å². The number of nitrogens with two attached hydrogens (primary N) is 1. The lowest BCUT2D eigenvalue weighted by Crippen LogP contribution is -2.55. The van der Waals surface area contributed by atoms with Crippen LogP contribution in [-0.2, 0) is 4.79 Å². The molecule has 1 amide bonds. The minimum Gasteiger partial charge on any atom is -0.352 e. The molecular formula is C13H25N3O. The van der Waals surface area contributed by atoms with Gasteiger partial charge in [-0.2, -0.15) is 0 Å². The molecule has 4 heteroatoms. The topological polar surface area (TPSA) is 58.4 Å². The van der Waals surface area contributed by atoms with Crippen LogP contribution in [0.2, 0.25) is 0 Å². The highest BCUT2D eigenvalue weighted by molar-refractivity contribution is 5.81. The molecular weight excluding hydrogens is 214 g/mol. The molecule has 3 atom stereocenters. The highest BCUT2D eigenvalue weighted by atomic mass is 16.2. The van der Waals surface area contributed by atoms with Gasteiger partial charge in [0.15, 0.2) is 0 Å². The van der Waals surface area contributed by atoms with E-state index in [1.807, 2.05) is 14.0 Å². The van der Waals surface area contributed by atoms with E-state index in [1.54, 1.807) is 0 Å². The normalized spacial score (nSPS) is 31.3. The van der Waals surface area contributed by atoms with Gasteiger partial charge in [0.25, 0.3) is 0 Å². The molecule has 3 unspecified atom stereocenters. The number of likely N-dealkylation sites (N-methyl/N-ethyl adjacent to an activating group) is 1. The van der Waals surface area contributed by atoms with E-state index < -0.39 is 0 Å². The van der Waals surface area contributed by atoms with Crippen molar-refractivity contribution in [2.45, 2.75) is 69.6 Å². The Hall–Kier alpha value is -0.610. The van der Waals surface area contributed by atoms with E-state index in [9.17, 15) is 4.79 Å². The Bertz CT molecular complexity index is 278. The molecule has 0 heterocycles. The van der Waals surface area contributed by atoms with E-state index in [4.69, 9.17) is 5.73 Å². The standard InChI is InChI=1S/C13H25N3O/c1-9(13(17)15-10-7-8-10)16(2)12-6-4-3-5-11(12)14/h9-12H,3-8,14H2,1-2H3,(H,15,17). The largest absolute Gasteiger partial charge is 0.352 e. The van der Waals surface area contributed by atoms with Gasteiger partial charge < -0.3 is 11.1 Å². The lowest BCUT2D eigenvalue weighted by atomic mass is 9.89. The van der Waals surface area contributed by atoms with Crippen LogP contribution in [0.5, 0.6) is 0 Å². The van der Waals surface area contributed by atoms with E-state index in [2.05, 4.69) is 10.2 Å². The molecule has 2 saturated carbocycles. The Labute approximate surface area is 104 Å². The lowest BCUT2D eigenvalue weighted by Gasteiger charge is -2.38. The summed E-state index contributed by atoms with van der Waals surface area (Å²) in [6.07, 6.45) is 6.97. The maximum Gasteiger partial charge on any atom is 0.237 e. The third-order valence-electron chi connectivity index (χ3n) is 4.22. The quantitative estimate of drug-likeness (QED) is 0.765. The van der Waals surface area contributed by atoms with Gasteiger partial charge in [0.05, 0.1) is 6.04 Å². The van der Waals surface area contributed by atoms with Crippen LogP contribution in [0.1, 0.15) is 45.4 Å². The molecule has 0 aliphatic heterocycles. The number of hydrogen-bond donors (Lipinski definition) is 2. The smallest absolute Gasteiger partial charge is 0.237 e. The van der Waals surface area contributed by atoms with Gasteiger partial charge in [-0.25, -0.2) is 0 Å². The van der Waals surface area contributed by atoms with Crippen LogP contribution in [0.15, 0.2) is 0 Å². The third-order valence-corrected chi connectivity index (χ3v) is 4.22. The molecule has 2 fully saturated rings. The summed E-state index contributed by atoms with van der Waals surface area (Å²) in [6.45, 7) is 1.99. The predicted molar refractivity (Wildman–Crippen MR) is 68.6 cm³/mol. The van der Waals surface area contributed by atoms with Gasteiger partial charge in [0.2, 0.25) is 5.91 Å². The molecule has 0 spiro atoms. The molecule has 0 aromatic carbocycles. The summed E-state index contributed by atoms with van der Waals surface area (Å²) >= 11 is 0. The van der Waals surface area contributed by atoms with Crippen molar-refractivity contribution in [2.75, 3.05) is 7.05 Å². The second kappa shape index (κ2) is 5.36. The second-order valence-corrected chi connectivity index (χ2v) is 5.64. The molecule has 2 rings (SSSR count). The van der Waals surface area contributed by atoms with Gasteiger partial charge in [-0.05, 0) is 39.7 Å². The fourth-order valence-electron chi connectivity index (χ4n) is 2.67. The Balaban J connectivity index is 1.87. The summed E-state index contributed by atoms with van der Waals surface area (Å²) < 4.78 is 0. The molecule has 0 bridgehead atoms. The van der Waals surface area contributed by atoms with Gasteiger partial charge in [-0.1, -0.05) is 12.8 Å². The number of hydrogen-bond acceptors (Lipinski definition) is 3.